The molecule has 0 aliphatic rings. The first-order valence-electron chi connectivity index (χ1n) is 8.03. The number of hydrogen-bond donors (Lipinski definition) is 0. The van der Waals surface area contributed by atoms with Gasteiger partial charge < -0.3 is 14.2 Å². The third-order valence-electron chi connectivity index (χ3n) is 4.03. The standard InChI is InChI=1S/C19H20ClN3O3/c1-24-17-9-4-13(10-18(17)25-2)11-23-12-16(21-22-23)19(26-3)14-5-7-15(20)8-6-14/h4-10,12,19H,11H2,1-3H3. The molecule has 136 valence electrons. The Hall–Kier alpha value is -2.57. The van der Waals surface area contributed by atoms with Gasteiger partial charge in [-0.05, 0) is 35.4 Å². The van der Waals surface area contributed by atoms with E-state index >= 15 is 0 Å². The highest BCUT2D eigenvalue weighted by molar-refractivity contribution is 6.30. The summed E-state index contributed by atoms with van der Waals surface area (Å²) in [5.74, 6) is 1.37. The van der Waals surface area contributed by atoms with Gasteiger partial charge in [-0.1, -0.05) is 35.0 Å². The molecule has 0 bridgehead atoms. The van der Waals surface area contributed by atoms with Gasteiger partial charge in [-0.3, -0.25) is 0 Å². The zero-order chi connectivity index (χ0) is 18.5. The molecule has 6 nitrogen and oxygen atoms in total. The molecule has 0 N–H and O–H groups in total. The van der Waals surface area contributed by atoms with Crippen molar-refractivity contribution < 1.29 is 14.2 Å². The number of halogens is 1. The van der Waals surface area contributed by atoms with Crippen LogP contribution in [0.15, 0.2) is 48.7 Å². The van der Waals surface area contributed by atoms with Gasteiger partial charge in [-0.2, -0.15) is 0 Å². The van der Waals surface area contributed by atoms with Crippen LogP contribution in [-0.4, -0.2) is 36.3 Å². The molecule has 0 fully saturated rings. The first kappa shape index (κ1) is 18.2. The van der Waals surface area contributed by atoms with Gasteiger partial charge in [0.1, 0.15) is 11.8 Å². The molecule has 0 aliphatic carbocycles. The van der Waals surface area contributed by atoms with E-state index in [1.807, 2.05) is 48.7 Å². The number of rotatable bonds is 7. The van der Waals surface area contributed by atoms with Crippen LogP contribution in [0.2, 0.25) is 5.02 Å². The van der Waals surface area contributed by atoms with Gasteiger partial charge in [-0.15, -0.1) is 5.10 Å². The summed E-state index contributed by atoms with van der Waals surface area (Å²) in [6.45, 7) is 0.560. The molecule has 0 spiro atoms. The summed E-state index contributed by atoms with van der Waals surface area (Å²) in [6, 6.07) is 13.3. The van der Waals surface area contributed by atoms with Gasteiger partial charge in [0, 0.05) is 12.1 Å². The van der Waals surface area contributed by atoms with Gasteiger partial charge >= 0.3 is 0 Å². The Kier molecular flexibility index (Phi) is 5.75. The minimum atomic E-state index is -0.300. The molecular formula is C19H20ClN3O3. The molecule has 0 amide bonds. The van der Waals surface area contributed by atoms with Gasteiger partial charge in [0.2, 0.25) is 0 Å². The van der Waals surface area contributed by atoms with Crippen molar-refractivity contribution in [3.05, 3.63) is 70.5 Å². The fourth-order valence-corrected chi connectivity index (χ4v) is 2.87. The van der Waals surface area contributed by atoms with Crippen LogP contribution in [0.1, 0.15) is 22.9 Å². The van der Waals surface area contributed by atoms with Crippen molar-refractivity contribution in [3.8, 4) is 11.5 Å². The van der Waals surface area contributed by atoms with Crippen molar-refractivity contribution in [1.29, 1.82) is 0 Å². The molecule has 0 aliphatic heterocycles. The van der Waals surface area contributed by atoms with E-state index in [1.165, 1.54) is 0 Å². The van der Waals surface area contributed by atoms with Crippen LogP contribution in [0.5, 0.6) is 11.5 Å². The van der Waals surface area contributed by atoms with Gasteiger partial charge in [-0.25, -0.2) is 4.68 Å². The zero-order valence-electron chi connectivity index (χ0n) is 14.8. The lowest BCUT2D eigenvalue weighted by Gasteiger charge is -2.12. The van der Waals surface area contributed by atoms with Gasteiger partial charge in [0.05, 0.1) is 27.0 Å². The Balaban J connectivity index is 1.80. The van der Waals surface area contributed by atoms with E-state index in [0.29, 0.717) is 23.1 Å². The molecule has 3 aromatic rings. The molecule has 0 radical (unpaired) electrons. The number of ether oxygens (including phenoxy) is 3. The number of nitrogens with zero attached hydrogens (tertiary/aromatic N) is 3. The maximum Gasteiger partial charge on any atom is 0.161 e. The van der Waals surface area contributed by atoms with Gasteiger partial charge in [0.15, 0.2) is 11.5 Å². The maximum atomic E-state index is 5.95. The number of aromatic nitrogens is 3. The van der Waals surface area contributed by atoms with E-state index in [2.05, 4.69) is 10.3 Å². The van der Waals surface area contributed by atoms with Crippen molar-refractivity contribution in [2.45, 2.75) is 12.6 Å². The molecule has 26 heavy (non-hydrogen) atoms. The second-order valence-electron chi connectivity index (χ2n) is 5.70. The average Bonchev–Trinajstić information content (AvgIpc) is 3.12. The molecule has 1 atom stereocenters. The lowest BCUT2D eigenvalue weighted by Crippen LogP contribution is -2.04. The van der Waals surface area contributed by atoms with Crippen molar-refractivity contribution in [1.82, 2.24) is 15.0 Å². The van der Waals surface area contributed by atoms with E-state index in [0.717, 1.165) is 16.8 Å². The normalized spacial score (nSPS) is 12.0. The van der Waals surface area contributed by atoms with E-state index in [9.17, 15) is 0 Å². The van der Waals surface area contributed by atoms with Gasteiger partial charge in [0.25, 0.3) is 0 Å². The largest absolute Gasteiger partial charge is 0.493 e. The summed E-state index contributed by atoms with van der Waals surface area (Å²) in [5, 5.41) is 9.15. The SMILES string of the molecule is COc1ccc(Cn2cc(C(OC)c3ccc(Cl)cc3)nn2)cc1OC. The average molecular weight is 374 g/mol. The predicted molar refractivity (Wildman–Crippen MR) is 99.0 cm³/mol. The molecule has 1 heterocycles. The lowest BCUT2D eigenvalue weighted by molar-refractivity contribution is 0.133. The minimum Gasteiger partial charge on any atom is -0.493 e. The van der Waals surface area contributed by atoms with Crippen molar-refractivity contribution in [2.24, 2.45) is 0 Å². The first-order valence-corrected chi connectivity index (χ1v) is 8.41. The smallest absolute Gasteiger partial charge is 0.161 e. The Bertz CT molecular complexity index is 865. The monoisotopic (exact) mass is 373 g/mol. The number of benzene rings is 2. The maximum absolute atomic E-state index is 5.95. The van der Waals surface area contributed by atoms with Crippen LogP contribution in [0.25, 0.3) is 0 Å². The summed E-state index contributed by atoms with van der Waals surface area (Å²) in [6.07, 6.45) is 1.57. The van der Waals surface area contributed by atoms with E-state index < -0.39 is 0 Å². The molecular weight excluding hydrogens is 354 g/mol. The highest BCUT2D eigenvalue weighted by atomic mass is 35.5. The third kappa shape index (κ3) is 3.98. The molecule has 7 heteroatoms. The topological polar surface area (TPSA) is 58.4 Å². The lowest BCUT2D eigenvalue weighted by atomic mass is 10.1. The van der Waals surface area contributed by atoms with E-state index in [4.69, 9.17) is 25.8 Å². The zero-order valence-corrected chi connectivity index (χ0v) is 15.6. The highest BCUT2D eigenvalue weighted by Gasteiger charge is 2.17. The molecule has 1 aromatic heterocycles. The summed E-state index contributed by atoms with van der Waals surface area (Å²) in [7, 11) is 4.88. The van der Waals surface area contributed by atoms with Crippen LogP contribution in [0, 0.1) is 0 Å². The van der Waals surface area contributed by atoms with Crippen LogP contribution >= 0.6 is 11.6 Å². The van der Waals surface area contributed by atoms with Crippen LogP contribution in [0.3, 0.4) is 0 Å². The first-order chi connectivity index (χ1) is 12.6. The molecule has 3 rings (SSSR count). The van der Waals surface area contributed by atoms with E-state index in [-0.39, 0.29) is 6.10 Å². The van der Waals surface area contributed by atoms with Crippen LogP contribution in [-0.2, 0) is 11.3 Å². The van der Waals surface area contributed by atoms with E-state index in [1.54, 1.807) is 26.0 Å². The minimum absolute atomic E-state index is 0.300. The Labute approximate surface area is 157 Å². The summed E-state index contributed by atoms with van der Waals surface area (Å²) in [4.78, 5) is 0. The van der Waals surface area contributed by atoms with Crippen LogP contribution in [0.4, 0.5) is 0 Å². The summed E-state index contributed by atoms with van der Waals surface area (Å²) >= 11 is 5.95. The molecule has 2 aromatic carbocycles. The fraction of sp³-hybridized carbons (Fsp3) is 0.263. The Morgan fingerprint density at radius 2 is 1.73 bits per heavy atom. The molecule has 1 unspecified atom stereocenters. The number of methoxy groups -OCH3 is 3. The second-order valence-corrected chi connectivity index (χ2v) is 6.13. The van der Waals surface area contributed by atoms with Crippen molar-refractivity contribution in [2.75, 3.05) is 21.3 Å². The molecule has 0 saturated heterocycles. The molecule has 0 saturated carbocycles. The van der Waals surface area contributed by atoms with Crippen LogP contribution < -0.4 is 9.47 Å². The van der Waals surface area contributed by atoms with Crippen molar-refractivity contribution in [3.63, 3.8) is 0 Å². The highest BCUT2D eigenvalue weighted by Crippen LogP contribution is 2.28. The Morgan fingerprint density at radius 1 is 1.00 bits per heavy atom. The predicted octanol–water partition coefficient (Wildman–Crippen LogP) is 3.73. The second kappa shape index (κ2) is 8.21. The van der Waals surface area contributed by atoms with Crippen molar-refractivity contribution >= 4 is 11.6 Å². The Morgan fingerprint density at radius 3 is 2.38 bits per heavy atom. The fourth-order valence-electron chi connectivity index (χ4n) is 2.74. The number of hydrogen-bond acceptors (Lipinski definition) is 5. The summed E-state index contributed by atoms with van der Waals surface area (Å²) in [5.41, 5.74) is 2.73. The third-order valence-corrected chi connectivity index (χ3v) is 4.28. The summed E-state index contributed by atoms with van der Waals surface area (Å²) < 4.78 is 18.0. The quantitative estimate of drug-likeness (QED) is 0.631.